The SMILES string of the molecule is CCCOc1cncc(C(O)c2cc(F)c(F)cc2F)c1. The number of pyridine rings is 1. The Kier molecular flexibility index (Phi) is 4.80. The molecule has 0 bridgehead atoms. The van der Waals surface area contributed by atoms with Crippen LogP contribution in [0.5, 0.6) is 5.75 Å². The third-order valence-electron chi connectivity index (χ3n) is 2.86. The maximum atomic E-state index is 13.7. The number of nitrogens with zero attached hydrogens (tertiary/aromatic N) is 1. The molecule has 0 fully saturated rings. The zero-order chi connectivity index (χ0) is 15.4. The summed E-state index contributed by atoms with van der Waals surface area (Å²) in [7, 11) is 0. The van der Waals surface area contributed by atoms with Crippen LogP contribution in [0, 0.1) is 17.5 Å². The Morgan fingerprint density at radius 3 is 2.52 bits per heavy atom. The Balaban J connectivity index is 2.31. The van der Waals surface area contributed by atoms with E-state index >= 15 is 0 Å². The standard InChI is InChI=1S/C15H14F3NO2/c1-2-3-21-10-4-9(7-19-8-10)15(20)11-5-13(17)14(18)6-12(11)16/h4-8,15,20H,2-3H2,1H3. The predicted octanol–water partition coefficient (Wildman–Crippen LogP) is 3.37. The number of rotatable bonds is 5. The van der Waals surface area contributed by atoms with Crippen molar-refractivity contribution in [3.63, 3.8) is 0 Å². The van der Waals surface area contributed by atoms with Crippen LogP contribution in [0.4, 0.5) is 13.2 Å². The van der Waals surface area contributed by atoms with Crippen molar-refractivity contribution in [1.82, 2.24) is 4.98 Å². The van der Waals surface area contributed by atoms with E-state index in [-0.39, 0.29) is 11.1 Å². The van der Waals surface area contributed by atoms with E-state index in [1.165, 1.54) is 18.5 Å². The van der Waals surface area contributed by atoms with Crippen molar-refractivity contribution >= 4 is 0 Å². The summed E-state index contributed by atoms with van der Waals surface area (Å²) in [4.78, 5) is 3.88. The molecule has 0 spiro atoms. The zero-order valence-corrected chi connectivity index (χ0v) is 11.3. The summed E-state index contributed by atoms with van der Waals surface area (Å²) in [5.41, 5.74) is -0.128. The first-order chi connectivity index (χ1) is 10.0. The lowest BCUT2D eigenvalue weighted by molar-refractivity contribution is 0.212. The maximum Gasteiger partial charge on any atom is 0.161 e. The minimum absolute atomic E-state index is 0.230. The van der Waals surface area contributed by atoms with Crippen LogP contribution in [0.15, 0.2) is 30.6 Å². The molecule has 0 aliphatic carbocycles. The van der Waals surface area contributed by atoms with E-state index in [0.717, 1.165) is 6.42 Å². The topological polar surface area (TPSA) is 42.4 Å². The Bertz CT molecular complexity index is 634. The number of ether oxygens (including phenoxy) is 1. The van der Waals surface area contributed by atoms with Crippen LogP contribution < -0.4 is 4.74 Å². The fourth-order valence-electron chi connectivity index (χ4n) is 1.81. The molecule has 1 N–H and O–H groups in total. The van der Waals surface area contributed by atoms with Gasteiger partial charge in [0.1, 0.15) is 17.7 Å². The van der Waals surface area contributed by atoms with Gasteiger partial charge >= 0.3 is 0 Å². The molecular weight excluding hydrogens is 283 g/mol. The van der Waals surface area contributed by atoms with Gasteiger partial charge in [0.05, 0.1) is 12.8 Å². The minimum atomic E-state index is -1.46. The predicted molar refractivity (Wildman–Crippen MR) is 70.4 cm³/mol. The lowest BCUT2D eigenvalue weighted by Crippen LogP contribution is -2.06. The molecule has 1 heterocycles. The van der Waals surface area contributed by atoms with Gasteiger partial charge in [0.25, 0.3) is 0 Å². The zero-order valence-electron chi connectivity index (χ0n) is 11.3. The van der Waals surface area contributed by atoms with Crippen molar-refractivity contribution in [3.05, 3.63) is 59.2 Å². The van der Waals surface area contributed by atoms with Crippen LogP contribution in [0.25, 0.3) is 0 Å². The molecule has 0 radical (unpaired) electrons. The van der Waals surface area contributed by atoms with Gasteiger partial charge in [0.15, 0.2) is 11.6 Å². The first-order valence-corrected chi connectivity index (χ1v) is 6.43. The van der Waals surface area contributed by atoms with Gasteiger partial charge in [0, 0.05) is 23.4 Å². The van der Waals surface area contributed by atoms with Gasteiger partial charge in [-0.25, -0.2) is 13.2 Å². The molecule has 1 unspecified atom stereocenters. The van der Waals surface area contributed by atoms with Crippen LogP contribution in [0.1, 0.15) is 30.6 Å². The average Bonchev–Trinajstić information content (AvgIpc) is 2.48. The van der Waals surface area contributed by atoms with E-state index < -0.39 is 23.6 Å². The van der Waals surface area contributed by atoms with Crippen LogP contribution in [0.3, 0.4) is 0 Å². The second-order valence-corrected chi connectivity index (χ2v) is 4.49. The highest BCUT2D eigenvalue weighted by Gasteiger charge is 2.19. The molecule has 112 valence electrons. The summed E-state index contributed by atoms with van der Waals surface area (Å²) in [5, 5.41) is 10.1. The minimum Gasteiger partial charge on any atom is -0.492 e. The Morgan fingerprint density at radius 2 is 1.81 bits per heavy atom. The molecule has 1 aromatic heterocycles. The van der Waals surface area contributed by atoms with E-state index in [1.807, 2.05) is 6.92 Å². The molecule has 0 saturated carbocycles. The molecular formula is C15H14F3NO2. The molecule has 0 saturated heterocycles. The van der Waals surface area contributed by atoms with E-state index in [0.29, 0.717) is 24.5 Å². The summed E-state index contributed by atoms with van der Waals surface area (Å²) in [6.45, 7) is 2.41. The average molecular weight is 297 g/mol. The van der Waals surface area contributed by atoms with Crippen molar-refractivity contribution in [2.75, 3.05) is 6.61 Å². The Morgan fingerprint density at radius 1 is 1.10 bits per heavy atom. The first kappa shape index (κ1) is 15.3. The van der Waals surface area contributed by atoms with Gasteiger partial charge in [-0.1, -0.05) is 6.92 Å². The summed E-state index contributed by atoms with van der Waals surface area (Å²) in [6.07, 6.45) is 2.10. The van der Waals surface area contributed by atoms with Gasteiger partial charge < -0.3 is 9.84 Å². The summed E-state index contributed by atoms with van der Waals surface area (Å²) in [6, 6.07) is 2.52. The Labute approximate surface area is 120 Å². The van der Waals surface area contributed by atoms with Crippen LogP contribution in [-0.2, 0) is 0 Å². The summed E-state index contributed by atoms with van der Waals surface area (Å²) < 4.78 is 45.1. The molecule has 0 aliphatic heterocycles. The molecule has 2 rings (SSSR count). The van der Waals surface area contributed by atoms with Crippen molar-refractivity contribution in [1.29, 1.82) is 0 Å². The fourth-order valence-corrected chi connectivity index (χ4v) is 1.81. The first-order valence-electron chi connectivity index (χ1n) is 6.43. The highest BCUT2D eigenvalue weighted by atomic mass is 19.2. The van der Waals surface area contributed by atoms with E-state index in [9.17, 15) is 18.3 Å². The molecule has 1 aromatic carbocycles. The fraction of sp³-hybridized carbons (Fsp3) is 0.267. The molecule has 0 amide bonds. The van der Waals surface area contributed by atoms with Gasteiger partial charge in [-0.05, 0) is 18.6 Å². The van der Waals surface area contributed by atoms with Crippen LogP contribution in [0.2, 0.25) is 0 Å². The normalized spacial score (nSPS) is 12.2. The highest BCUT2D eigenvalue weighted by molar-refractivity contribution is 5.33. The van der Waals surface area contributed by atoms with Gasteiger partial charge in [-0.15, -0.1) is 0 Å². The lowest BCUT2D eigenvalue weighted by Gasteiger charge is -2.14. The number of aliphatic hydroxyl groups excluding tert-OH is 1. The van der Waals surface area contributed by atoms with Crippen molar-refractivity contribution in [3.8, 4) is 5.75 Å². The monoisotopic (exact) mass is 297 g/mol. The third-order valence-corrected chi connectivity index (χ3v) is 2.86. The molecule has 21 heavy (non-hydrogen) atoms. The second-order valence-electron chi connectivity index (χ2n) is 4.49. The number of aromatic nitrogens is 1. The van der Waals surface area contributed by atoms with Crippen molar-refractivity contribution in [2.24, 2.45) is 0 Å². The quantitative estimate of drug-likeness (QED) is 0.860. The summed E-state index contributed by atoms with van der Waals surface area (Å²) in [5.74, 6) is -3.14. The molecule has 3 nitrogen and oxygen atoms in total. The van der Waals surface area contributed by atoms with Crippen LogP contribution in [-0.4, -0.2) is 16.7 Å². The van der Waals surface area contributed by atoms with E-state index in [2.05, 4.69) is 4.98 Å². The molecule has 2 aromatic rings. The second kappa shape index (κ2) is 6.58. The van der Waals surface area contributed by atoms with Crippen molar-refractivity contribution in [2.45, 2.75) is 19.4 Å². The number of halogens is 3. The van der Waals surface area contributed by atoms with E-state index in [1.54, 1.807) is 0 Å². The summed E-state index contributed by atoms with van der Waals surface area (Å²) >= 11 is 0. The van der Waals surface area contributed by atoms with Gasteiger partial charge in [0.2, 0.25) is 0 Å². The maximum absolute atomic E-state index is 13.7. The lowest BCUT2D eigenvalue weighted by atomic mass is 10.0. The molecule has 1 atom stereocenters. The van der Waals surface area contributed by atoms with Crippen LogP contribution >= 0.6 is 0 Å². The number of hydrogen-bond acceptors (Lipinski definition) is 3. The number of hydrogen-bond donors (Lipinski definition) is 1. The van der Waals surface area contributed by atoms with Gasteiger partial charge in [-0.2, -0.15) is 0 Å². The van der Waals surface area contributed by atoms with Crippen molar-refractivity contribution < 1.29 is 23.0 Å². The van der Waals surface area contributed by atoms with Gasteiger partial charge in [-0.3, -0.25) is 4.98 Å². The number of aliphatic hydroxyl groups is 1. The van der Waals surface area contributed by atoms with E-state index in [4.69, 9.17) is 4.74 Å². The highest BCUT2D eigenvalue weighted by Crippen LogP contribution is 2.27. The Hall–Kier alpha value is -2.08. The molecule has 0 aliphatic rings. The molecule has 6 heteroatoms. The third kappa shape index (κ3) is 3.52. The number of benzene rings is 1. The smallest absolute Gasteiger partial charge is 0.161 e. The largest absolute Gasteiger partial charge is 0.492 e.